The Morgan fingerprint density at radius 2 is 1.67 bits per heavy atom. The maximum absolute atomic E-state index is 13.0. The number of hydrogen-bond donors (Lipinski definition) is 1. The molecule has 4 heteroatoms. The summed E-state index contributed by atoms with van der Waals surface area (Å²) in [6.45, 7) is 0.477. The Labute approximate surface area is 106 Å². The molecule has 0 bridgehead atoms. The van der Waals surface area contributed by atoms with Crippen LogP contribution in [0.15, 0.2) is 18.2 Å². The van der Waals surface area contributed by atoms with E-state index in [2.05, 4.69) is 0 Å². The fourth-order valence-electron chi connectivity index (χ4n) is 2.39. The topological polar surface area (TPSA) is 29.5 Å². The van der Waals surface area contributed by atoms with Crippen molar-refractivity contribution in [1.29, 1.82) is 0 Å². The average Bonchev–Trinajstić information content (AvgIpc) is 2.36. The fourth-order valence-corrected chi connectivity index (χ4v) is 2.39. The van der Waals surface area contributed by atoms with Crippen LogP contribution in [-0.4, -0.2) is 17.8 Å². The molecule has 1 aromatic carbocycles. The average molecular weight is 256 g/mol. The van der Waals surface area contributed by atoms with E-state index >= 15 is 0 Å². The molecule has 1 aliphatic rings. The minimum atomic E-state index is -0.572. The van der Waals surface area contributed by atoms with Gasteiger partial charge in [0.2, 0.25) is 0 Å². The summed E-state index contributed by atoms with van der Waals surface area (Å²) in [4.78, 5) is 0. The van der Waals surface area contributed by atoms with E-state index in [1.165, 1.54) is 12.1 Å². The molecule has 0 heterocycles. The first-order valence-electron chi connectivity index (χ1n) is 6.35. The van der Waals surface area contributed by atoms with E-state index in [0.29, 0.717) is 11.5 Å². The summed E-state index contributed by atoms with van der Waals surface area (Å²) in [6, 6.07) is 3.45. The van der Waals surface area contributed by atoms with Crippen LogP contribution in [0, 0.1) is 17.6 Å². The second kappa shape index (κ2) is 6.25. The number of hydrogen-bond acceptors (Lipinski definition) is 2. The third-order valence-corrected chi connectivity index (χ3v) is 3.46. The molecule has 0 saturated heterocycles. The molecule has 0 radical (unpaired) electrons. The van der Waals surface area contributed by atoms with Crippen LogP contribution in [0.25, 0.3) is 0 Å². The summed E-state index contributed by atoms with van der Waals surface area (Å²) < 4.78 is 31.6. The van der Waals surface area contributed by atoms with Crippen molar-refractivity contribution in [2.24, 2.45) is 5.92 Å². The number of halogens is 2. The van der Waals surface area contributed by atoms with Crippen LogP contribution in [0.2, 0.25) is 0 Å². The van der Waals surface area contributed by atoms with E-state index in [0.717, 1.165) is 31.7 Å². The van der Waals surface area contributed by atoms with Gasteiger partial charge in [-0.05, 0) is 49.3 Å². The van der Waals surface area contributed by atoms with Crippen molar-refractivity contribution in [3.63, 3.8) is 0 Å². The molecule has 1 aromatic rings. The van der Waals surface area contributed by atoms with Gasteiger partial charge in [0, 0.05) is 12.7 Å². The monoisotopic (exact) mass is 256 g/mol. The van der Waals surface area contributed by atoms with Crippen LogP contribution in [-0.2, 0) is 11.3 Å². The first-order chi connectivity index (χ1) is 8.67. The minimum absolute atomic E-state index is 0.138. The molecule has 1 fully saturated rings. The van der Waals surface area contributed by atoms with Crippen LogP contribution in [0.4, 0.5) is 8.78 Å². The van der Waals surface area contributed by atoms with Crippen molar-refractivity contribution in [2.75, 3.05) is 6.61 Å². The molecule has 2 rings (SSSR count). The molecule has 0 aromatic heterocycles. The number of aliphatic hydroxyl groups excluding tert-OH is 1. The van der Waals surface area contributed by atoms with Crippen LogP contribution in [0.3, 0.4) is 0 Å². The van der Waals surface area contributed by atoms with Crippen LogP contribution in [0.1, 0.15) is 31.2 Å². The molecular weight excluding hydrogens is 238 g/mol. The van der Waals surface area contributed by atoms with E-state index in [4.69, 9.17) is 9.84 Å². The Bertz CT molecular complexity index is 367. The van der Waals surface area contributed by atoms with E-state index in [9.17, 15) is 8.78 Å². The van der Waals surface area contributed by atoms with E-state index < -0.39 is 11.6 Å². The van der Waals surface area contributed by atoms with Crippen molar-refractivity contribution >= 4 is 0 Å². The summed E-state index contributed by atoms with van der Waals surface area (Å²) in [5.74, 6) is -0.758. The normalized spacial score (nSPS) is 24.2. The second-order valence-electron chi connectivity index (χ2n) is 4.91. The Kier molecular flexibility index (Phi) is 4.66. The van der Waals surface area contributed by atoms with E-state index in [-0.39, 0.29) is 19.3 Å². The third-order valence-electron chi connectivity index (χ3n) is 3.46. The predicted octanol–water partition coefficient (Wildman–Crippen LogP) is 3.03. The summed E-state index contributed by atoms with van der Waals surface area (Å²) in [5, 5.41) is 9.02. The van der Waals surface area contributed by atoms with Gasteiger partial charge in [-0.15, -0.1) is 0 Å². The molecule has 0 aliphatic heterocycles. The van der Waals surface area contributed by atoms with Gasteiger partial charge in [-0.3, -0.25) is 0 Å². The third kappa shape index (κ3) is 3.75. The lowest BCUT2D eigenvalue weighted by Crippen LogP contribution is -2.23. The number of benzene rings is 1. The number of ether oxygens (including phenoxy) is 1. The first-order valence-corrected chi connectivity index (χ1v) is 6.35. The Morgan fingerprint density at radius 1 is 1.06 bits per heavy atom. The highest BCUT2D eigenvalue weighted by Gasteiger charge is 2.20. The molecule has 2 nitrogen and oxygen atoms in total. The molecule has 100 valence electrons. The summed E-state index contributed by atoms with van der Waals surface area (Å²) in [6.07, 6.45) is 3.86. The van der Waals surface area contributed by atoms with Gasteiger partial charge < -0.3 is 9.84 Å². The van der Waals surface area contributed by atoms with Crippen molar-refractivity contribution in [3.8, 4) is 0 Å². The summed E-state index contributed by atoms with van der Waals surface area (Å²) in [7, 11) is 0. The van der Waals surface area contributed by atoms with Gasteiger partial charge >= 0.3 is 0 Å². The first kappa shape index (κ1) is 13.4. The van der Waals surface area contributed by atoms with Gasteiger partial charge in [0.25, 0.3) is 0 Å². The molecule has 0 spiro atoms. The molecule has 1 N–H and O–H groups in total. The number of rotatable bonds is 4. The molecular formula is C14H18F2O2. The highest BCUT2D eigenvalue weighted by Crippen LogP contribution is 2.26. The molecule has 1 saturated carbocycles. The lowest BCUT2D eigenvalue weighted by molar-refractivity contribution is 0.00102. The van der Waals surface area contributed by atoms with Gasteiger partial charge in [0.15, 0.2) is 0 Å². The standard InChI is InChI=1S/C14H18F2O2/c15-12-5-11(6-13(16)7-12)9-18-14-3-1-10(8-17)2-4-14/h5-7,10,14,17H,1-4,8-9H2. The Balaban J connectivity index is 1.81. The molecule has 1 aliphatic carbocycles. The Morgan fingerprint density at radius 3 is 2.22 bits per heavy atom. The van der Waals surface area contributed by atoms with Crippen molar-refractivity contribution in [2.45, 2.75) is 38.4 Å². The maximum Gasteiger partial charge on any atom is 0.126 e. The minimum Gasteiger partial charge on any atom is -0.396 e. The lowest BCUT2D eigenvalue weighted by atomic mass is 9.88. The van der Waals surface area contributed by atoms with Gasteiger partial charge in [-0.25, -0.2) is 8.78 Å². The van der Waals surface area contributed by atoms with Crippen molar-refractivity contribution in [3.05, 3.63) is 35.4 Å². The van der Waals surface area contributed by atoms with Gasteiger partial charge in [0.05, 0.1) is 12.7 Å². The largest absolute Gasteiger partial charge is 0.396 e. The SMILES string of the molecule is OCC1CCC(OCc2cc(F)cc(F)c2)CC1. The van der Waals surface area contributed by atoms with Crippen LogP contribution < -0.4 is 0 Å². The van der Waals surface area contributed by atoms with E-state index in [1.54, 1.807) is 0 Å². The van der Waals surface area contributed by atoms with Crippen LogP contribution in [0.5, 0.6) is 0 Å². The maximum atomic E-state index is 13.0. The van der Waals surface area contributed by atoms with Gasteiger partial charge in [0.1, 0.15) is 11.6 Å². The quantitative estimate of drug-likeness (QED) is 0.897. The smallest absolute Gasteiger partial charge is 0.126 e. The molecule has 18 heavy (non-hydrogen) atoms. The lowest BCUT2D eigenvalue weighted by Gasteiger charge is -2.27. The Hall–Kier alpha value is -1.00. The van der Waals surface area contributed by atoms with Crippen molar-refractivity contribution in [1.82, 2.24) is 0 Å². The highest BCUT2D eigenvalue weighted by molar-refractivity contribution is 5.16. The van der Waals surface area contributed by atoms with E-state index in [1.807, 2.05) is 0 Å². The van der Waals surface area contributed by atoms with Crippen LogP contribution >= 0.6 is 0 Å². The molecule has 0 unspecified atom stereocenters. The fraction of sp³-hybridized carbons (Fsp3) is 0.571. The summed E-state index contributed by atoms with van der Waals surface area (Å²) in [5.41, 5.74) is 0.525. The van der Waals surface area contributed by atoms with Gasteiger partial charge in [-0.2, -0.15) is 0 Å². The molecule has 0 amide bonds. The second-order valence-corrected chi connectivity index (χ2v) is 4.91. The highest BCUT2D eigenvalue weighted by atomic mass is 19.1. The molecule has 0 atom stereocenters. The zero-order valence-corrected chi connectivity index (χ0v) is 10.2. The van der Waals surface area contributed by atoms with Gasteiger partial charge in [-0.1, -0.05) is 0 Å². The zero-order chi connectivity index (χ0) is 13.0. The number of aliphatic hydroxyl groups is 1. The summed E-state index contributed by atoms with van der Waals surface area (Å²) >= 11 is 0. The zero-order valence-electron chi connectivity index (χ0n) is 10.2. The predicted molar refractivity (Wildman–Crippen MR) is 64.0 cm³/mol. The van der Waals surface area contributed by atoms with Crippen molar-refractivity contribution < 1.29 is 18.6 Å².